The quantitative estimate of drug-likeness (QED) is 0.424. The first kappa shape index (κ1) is 19.4. The van der Waals surface area contributed by atoms with E-state index in [1.165, 1.54) is 5.69 Å². The van der Waals surface area contributed by atoms with Crippen molar-refractivity contribution in [2.24, 2.45) is 4.99 Å². The van der Waals surface area contributed by atoms with E-state index in [1.807, 2.05) is 13.0 Å². The van der Waals surface area contributed by atoms with Crippen LogP contribution in [0.3, 0.4) is 0 Å². The van der Waals surface area contributed by atoms with Crippen molar-refractivity contribution in [3.05, 3.63) is 54.1 Å². The molecule has 0 spiro atoms. The van der Waals surface area contributed by atoms with Gasteiger partial charge in [-0.05, 0) is 31.5 Å². The molecule has 0 amide bonds. The van der Waals surface area contributed by atoms with Gasteiger partial charge in [-0.1, -0.05) is 18.2 Å². The van der Waals surface area contributed by atoms with Crippen LogP contribution in [0, 0.1) is 6.92 Å². The van der Waals surface area contributed by atoms with Gasteiger partial charge in [0.2, 0.25) is 0 Å². The SMILES string of the molecule is CN=C(NCc1ccnc(C)n1)NC1CCN(c2ccccc2)C1.I. The van der Waals surface area contributed by atoms with Gasteiger partial charge in [0.15, 0.2) is 5.96 Å². The lowest BCUT2D eigenvalue weighted by Crippen LogP contribution is -2.44. The van der Waals surface area contributed by atoms with Gasteiger partial charge < -0.3 is 15.5 Å². The van der Waals surface area contributed by atoms with Crippen LogP contribution in [0.25, 0.3) is 0 Å². The first-order valence-corrected chi connectivity index (χ1v) is 8.30. The van der Waals surface area contributed by atoms with Gasteiger partial charge >= 0.3 is 0 Å². The molecule has 7 heteroatoms. The number of rotatable bonds is 4. The minimum atomic E-state index is 0. The number of aliphatic imine (C=N–C) groups is 1. The van der Waals surface area contributed by atoms with Crippen molar-refractivity contribution in [2.45, 2.75) is 25.9 Å². The summed E-state index contributed by atoms with van der Waals surface area (Å²) in [4.78, 5) is 15.2. The van der Waals surface area contributed by atoms with Crippen LogP contribution in [0.15, 0.2) is 47.6 Å². The molecule has 3 rings (SSSR count). The minimum absolute atomic E-state index is 0. The summed E-state index contributed by atoms with van der Waals surface area (Å²) < 4.78 is 0. The van der Waals surface area contributed by atoms with E-state index in [9.17, 15) is 0 Å². The Morgan fingerprint density at radius 1 is 1.28 bits per heavy atom. The fourth-order valence-electron chi connectivity index (χ4n) is 2.92. The lowest BCUT2D eigenvalue weighted by Gasteiger charge is -2.20. The predicted octanol–water partition coefficient (Wildman–Crippen LogP) is 2.35. The number of nitrogens with zero attached hydrogens (tertiary/aromatic N) is 4. The molecule has 0 radical (unpaired) electrons. The Balaban J connectivity index is 0.00000225. The van der Waals surface area contributed by atoms with Gasteiger partial charge in [-0.3, -0.25) is 4.99 Å². The third-order valence-electron chi connectivity index (χ3n) is 4.14. The van der Waals surface area contributed by atoms with E-state index < -0.39 is 0 Å². The molecule has 0 bridgehead atoms. The van der Waals surface area contributed by atoms with Gasteiger partial charge in [-0.25, -0.2) is 9.97 Å². The van der Waals surface area contributed by atoms with Crippen LogP contribution in [-0.4, -0.2) is 42.1 Å². The number of hydrogen-bond acceptors (Lipinski definition) is 4. The lowest BCUT2D eigenvalue weighted by molar-refractivity contribution is 0.646. The number of guanidine groups is 1. The molecule has 6 nitrogen and oxygen atoms in total. The highest BCUT2D eigenvalue weighted by Gasteiger charge is 2.23. The molecular weight excluding hydrogens is 427 g/mol. The Morgan fingerprint density at radius 3 is 2.80 bits per heavy atom. The molecule has 25 heavy (non-hydrogen) atoms. The number of aryl methyl sites for hydroxylation is 1. The molecule has 1 aromatic carbocycles. The first-order valence-electron chi connectivity index (χ1n) is 8.30. The van der Waals surface area contributed by atoms with E-state index in [2.05, 4.69) is 60.8 Å². The Labute approximate surface area is 166 Å². The Morgan fingerprint density at radius 2 is 2.08 bits per heavy atom. The second-order valence-corrected chi connectivity index (χ2v) is 5.93. The van der Waals surface area contributed by atoms with E-state index >= 15 is 0 Å². The second-order valence-electron chi connectivity index (χ2n) is 5.93. The van der Waals surface area contributed by atoms with Crippen LogP contribution in [0.2, 0.25) is 0 Å². The smallest absolute Gasteiger partial charge is 0.191 e. The van der Waals surface area contributed by atoms with Crippen LogP contribution in [0.4, 0.5) is 5.69 Å². The minimum Gasteiger partial charge on any atom is -0.369 e. The average molecular weight is 452 g/mol. The van der Waals surface area contributed by atoms with Gasteiger partial charge in [-0.15, -0.1) is 24.0 Å². The highest BCUT2D eigenvalue weighted by atomic mass is 127. The van der Waals surface area contributed by atoms with Gasteiger partial charge in [0.1, 0.15) is 5.82 Å². The molecular formula is C18H25IN6. The summed E-state index contributed by atoms with van der Waals surface area (Å²) >= 11 is 0. The third kappa shape index (κ3) is 5.55. The highest BCUT2D eigenvalue weighted by Crippen LogP contribution is 2.19. The Kier molecular flexibility index (Phi) is 7.42. The molecule has 1 aliphatic rings. The lowest BCUT2D eigenvalue weighted by atomic mass is 10.2. The number of halogens is 1. The zero-order chi connectivity index (χ0) is 16.8. The zero-order valence-corrected chi connectivity index (χ0v) is 17.0. The molecule has 1 fully saturated rings. The van der Waals surface area contributed by atoms with Gasteiger partial charge in [0.05, 0.1) is 12.2 Å². The fraction of sp³-hybridized carbons (Fsp3) is 0.389. The molecule has 1 aliphatic heterocycles. The van der Waals surface area contributed by atoms with Crippen molar-refractivity contribution < 1.29 is 0 Å². The van der Waals surface area contributed by atoms with Crippen molar-refractivity contribution in [3.63, 3.8) is 0 Å². The number of anilines is 1. The number of aromatic nitrogens is 2. The highest BCUT2D eigenvalue weighted by molar-refractivity contribution is 14.0. The molecule has 0 saturated carbocycles. The van der Waals surface area contributed by atoms with E-state index in [0.29, 0.717) is 12.6 Å². The summed E-state index contributed by atoms with van der Waals surface area (Å²) in [6.45, 7) is 4.58. The molecule has 1 atom stereocenters. The molecule has 2 N–H and O–H groups in total. The summed E-state index contributed by atoms with van der Waals surface area (Å²) in [5.41, 5.74) is 2.24. The second kappa shape index (κ2) is 9.55. The van der Waals surface area contributed by atoms with Crippen LogP contribution < -0.4 is 15.5 Å². The Bertz CT molecular complexity index is 691. The van der Waals surface area contributed by atoms with Crippen molar-refractivity contribution in [3.8, 4) is 0 Å². The standard InChI is InChI=1S/C18H24N6.HI/c1-14-20-10-8-15(22-14)12-21-18(19-2)23-16-9-11-24(13-16)17-6-4-3-5-7-17;/h3-8,10,16H,9,11-13H2,1-2H3,(H2,19,21,23);1H. The van der Waals surface area contributed by atoms with Crippen LogP contribution in [-0.2, 0) is 6.54 Å². The third-order valence-corrected chi connectivity index (χ3v) is 4.14. The number of benzene rings is 1. The predicted molar refractivity (Wildman–Crippen MR) is 113 cm³/mol. The maximum Gasteiger partial charge on any atom is 0.191 e. The van der Waals surface area contributed by atoms with Gasteiger partial charge in [0.25, 0.3) is 0 Å². The molecule has 1 saturated heterocycles. The molecule has 2 aromatic rings. The number of hydrogen-bond donors (Lipinski definition) is 2. The van der Waals surface area contributed by atoms with Crippen LogP contribution in [0.1, 0.15) is 17.9 Å². The molecule has 0 aliphatic carbocycles. The molecule has 134 valence electrons. The molecule has 1 aromatic heterocycles. The maximum atomic E-state index is 4.40. The van der Waals surface area contributed by atoms with Crippen molar-refractivity contribution >= 4 is 35.6 Å². The monoisotopic (exact) mass is 452 g/mol. The van der Waals surface area contributed by atoms with Gasteiger partial charge in [0, 0.05) is 38.1 Å². The summed E-state index contributed by atoms with van der Waals surface area (Å²) in [5.74, 6) is 1.60. The normalized spacial score (nSPS) is 17.1. The maximum absolute atomic E-state index is 4.40. The Hall–Kier alpha value is -1.90. The van der Waals surface area contributed by atoms with Crippen LogP contribution >= 0.6 is 24.0 Å². The van der Waals surface area contributed by atoms with Gasteiger partial charge in [-0.2, -0.15) is 0 Å². The average Bonchev–Trinajstić information content (AvgIpc) is 3.08. The topological polar surface area (TPSA) is 65.4 Å². The van der Waals surface area contributed by atoms with Crippen molar-refractivity contribution in [1.29, 1.82) is 0 Å². The molecule has 2 heterocycles. The summed E-state index contributed by atoms with van der Waals surface area (Å²) in [6.07, 6.45) is 2.88. The summed E-state index contributed by atoms with van der Waals surface area (Å²) in [7, 11) is 1.80. The first-order chi connectivity index (χ1) is 11.7. The van der Waals surface area contributed by atoms with Crippen LogP contribution in [0.5, 0.6) is 0 Å². The van der Waals surface area contributed by atoms with E-state index in [0.717, 1.165) is 37.0 Å². The molecule has 1 unspecified atom stereocenters. The fourth-order valence-corrected chi connectivity index (χ4v) is 2.92. The number of para-hydroxylation sites is 1. The largest absolute Gasteiger partial charge is 0.369 e. The van der Waals surface area contributed by atoms with E-state index in [-0.39, 0.29) is 24.0 Å². The summed E-state index contributed by atoms with van der Waals surface area (Å²) in [6, 6.07) is 12.8. The zero-order valence-electron chi connectivity index (χ0n) is 14.6. The van der Waals surface area contributed by atoms with E-state index in [4.69, 9.17) is 0 Å². The number of nitrogens with one attached hydrogen (secondary N) is 2. The summed E-state index contributed by atoms with van der Waals surface area (Å²) in [5, 5.41) is 6.83. The van der Waals surface area contributed by atoms with Crippen molar-refractivity contribution in [2.75, 3.05) is 25.0 Å². The van der Waals surface area contributed by atoms with Crippen molar-refractivity contribution in [1.82, 2.24) is 20.6 Å². The van der Waals surface area contributed by atoms with E-state index in [1.54, 1.807) is 13.2 Å².